The molecule has 0 radical (unpaired) electrons. The van der Waals surface area contributed by atoms with Crippen LogP contribution in [-0.2, 0) is 0 Å². The highest BCUT2D eigenvalue weighted by molar-refractivity contribution is 6.33. The van der Waals surface area contributed by atoms with Gasteiger partial charge in [-0.1, -0.05) is 11.6 Å². The van der Waals surface area contributed by atoms with Gasteiger partial charge < -0.3 is 19.9 Å². The number of nitrogens with zero attached hydrogens (tertiary/aromatic N) is 2. The van der Waals surface area contributed by atoms with Gasteiger partial charge in [-0.3, -0.25) is 9.59 Å². The molecule has 1 spiro atoms. The maximum atomic E-state index is 13.0. The molecule has 3 aromatic rings. The standard InChI is InChI=1S/C24H25ClN4O3/c1-32-17-5-4-15-11-20(28-19(15)12-17)23(31)29-9-6-24(7-10-29)13-16(14-24)27-22(30)21-18(25)3-2-8-26-21/h2-5,8,11-12,16,28H,6-7,9-10,13-14H2,1H3,(H,27,30). The number of aromatic amines is 1. The molecule has 0 atom stereocenters. The highest BCUT2D eigenvalue weighted by Crippen LogP contribution is 2.49. The number of fused-ring (bicyclic) bond motifs is 1. The van der Waals surface area contributed by atoms with E-state index in [1.807, 2.05) is 29.2 Å². The van der Waals surface area contributed by atoms with E-state index in [9.17, 15) is 9.59 Å². The Morgan fingerprint density at radius 3 is 2.72 bits per heavy atom. The van der Waals surface area contributed by atoms with Gasteiger partial charge in [0.05, 0.1) is 12.1 Å². The fraction of sp³-hybridized carbons (Fsp3) is 0.375. The SMILES string of the molecule is COc1ccc2cc(C(=O)N3CCC4(CC3)CC(NC(=O)c3ncccc3Cl)C4)[nH]c2c1. The van der Waals surface area contributed by atoms with Crippen LogP contribution in [0.3, 0.4) is 0 Å². The lowest BCUT2D eigenvalue weighted by atomic mass is 9.60. The zero-order valence-corrected chi connectivity index (χ0v) is 18.6. The van der Waals surface area contributed by atoms with Gasteiger partial charge in [-0.25, -0.2) is 4.98 Å². The molecule has 1 aliphatic heterocycles. The van der Waals surface area contributed by atoms with Crippen molar-refractivity contribution in [2.24, 2.45) is 5.41 Å². The summed E-state index contributed by atoms with van der Waals surface area (Å²) in [5.74, 6) is 0.567. The van der Waals surface area contributed by atoms with Crippen molar-refractivity contribution in [3.8, 4) is 5.75 Å². The van der Waals surface area contributed by atoms with E-state index in [1.54, 1.807) is 25.4 Å². The van der Waals surface area contributed by atoms with Gasteiger partial charge in [-0.15, -0.1) is 0 Å². The van der Waals surface area contributed by atoms with Crippen molar-refractivity contribution in [1.82, 2.24) is 20.2 Å². The molecule has 0 bridgehead atoms. The summed E-state index contributed by atoms with van der Waals surface area (Å²) in [6, 6.07) is 11.2. The smallest absolute Gasteiger partial charge is 0.271 e. The first-order valence-corrected chi connectivity index (χ1v) is 11.2. The second-order valence-corrected chi connectivity index (χ2v) is 9.25. The van der Waals surface area contributed by atoms with E-state index in [4.69, 9.17) is 16.3 Å². The Labute approximate surface area is 191 Å². The molecule has 32 heavy (non-hydrogen) atoms. The number of hydrogen-bond donors (Lipinski definition) is 2. The minimum absolute atomic E-state index is 0.0315. The molecule has 2 aliphatic rings. The van der Waals surface area contributed by atoms with Crippen LogP contribution in [0.15, 0.2) is 42.6 Å². The van der Waals surface area contributed by atoms with Crippen molar-refractivity contribution in [1.29, 1.82) is 0 Å². The van der Waals surface area contributed by atoms with Gasteiger partial charge >= 0.3 is 0 Å². The number of amides is 2. The van der Waals surface area contributed by atoms with Crippen LogP contribution in [0.5, 0.6) is 5.75 Å². The lowest BCUT2D eigenvalue weighted by Crippen LogP contribution is -2.55. The third-order valence-electron chi connectivity index (χ3n) is 6.84. The lowest BCUT2D eigenvalue weighted by Gasteiger charge is -2.52. The van der Waals surface area contributed by atoms with Crippen LogP contribution in [0.25, 0.3) is 10.9 Å². The first-order chi connectivity index (χ1) is 15.5. The van der Waals surface area contributed by atoms with Crippen LogP contribution >= 0.6 is 11.6 Å². The Bertz CT molecular complexity index is 1170. The van der Waals surface area contributed by atoms with Crippen molar-refractivity contribution in [2.45, 2.75) is 31.7 Å². The number of ether oxygens (including phenoxy) is 1. The molecule has 8 heteroatoms. The molecule has 2 amide bonds. The van der Waals surface area contributed by atoms with Crippen molar-refractivity contribution in [3.05, 3.63) is 59.0 Å². The molecule has 3 heterocycles. The molecule has 2 N–H and O–H groups in total. The normalized spacial score (nSPS) is 17.9. The number of benzene rings is 1. The summed E-state index contributed by atoms with van der Waals surface area (Å²) < 4.78 is 5.26. The Morgan fingerprint density at radius 1 is 1.22 bits per heavy atom. The predicted molar refractivity (Wildman–Crippen MR) is 122 cm³/mol. The van der Waals surface area contributed by atoms with E-state index < -0.39 is 0 Å². The number of rotatable bonds is 4. The van der Waals surface area contributed by atoms with Crippen molar-refractivity contribution < 1.29 is 14.3 Å². The summed E-state index contributed by atoms with van der Waals surface area (Å²) in [6.07, 6.45) is 5.32. The summed E-state index contributed by atoms with van der Waals surface area (Å²) in [6.45, 7) is 1.45. The summed E-state index contributed by atoms with van der Waals surface area (Å²) in [4.78, 5) is 34.7. The fourth-order valence-corrected chi connectivity index (χ4v) is 5.21. The summed E-state index contributed by atoms with van der Waals surface area (Å²) in [7, 11) is 1.63. The van der Waals surface area contributed by atoms with Crippen molar-refractivity contribution >= 4 is 34.3 Å². The second-order valence-electron chi connectivity index (χ2n) is 8.84. The van der Waals surface area contributed by atoms with Gasteiger partial charge in [0.25, 0.3) is 11.8 Å². The van der Waals surface area contributed by atoms with Crippen LogP contribution < -0.4 is 10.1 Å². The van der Waals surface area contributed by atoms with Crippen molar-refractivity contribution in [2.75, 3.05) is 20.2 Å². The largest absolute Gasteiger partial charge is 0.497 e. The molecule has 1 saturated carbocycles. The molecule has 2 aromatic heterocycles. The number of methoxy groups -OCH3 is 1. The van der Waals surface area contributed by atoms with Gasteiger partial charge in [0, 0.05) is 42.3 Å². The number of H-pyrrole nitrogens is 1. The summed E-state index contributed by atoms with van der Waals surface area (Å²) in [5.41, 5.74) is 1.98. The maximum absolute atomic E-state index is 13.0. The molecular weight excluding hydrogens is 428 g/mol. The minimum Gasteiger partial charge on any atom is -0.497 e. The van der Waals surface area contributed by atoms with Crippen LogP contribution in [-0.4, -0.2) is 52.9 Å². The van der Waals surface area contributed by atoms with Crippen LogP contribution in [0, 0.1) is 5.41 Å². The molecule has 1 saturated heterocycles. The van der Waals surface area contributed by atoms with Gasteiger partial charge in [0.15, 0.2) is 0 Å². The lowest BCUT2D eigenvalue weighted by molar-refractivity contribution is 0.00840. The maximum Gasteiger partial charge on any atom is 0.271 e. The van der Waals surface area contributed by atoms with E-state index in [0.717, 1.165) is 55.4 Å². The first kappa shape index (κ1) is 20.8. The molecule has 2 fully saturated rings. The monoisotopic (exact) mass is 452 g/mol. The fourth-order valence-electron chi connectivity index (χ4n) is 5.01. The Morgan fingerprint density at radius 2 is 2.00 bits per heavy atom. The van der Waals surface area contributed by atoms with Crippen LogP contribution in [0.4, 0.5) is 0 Å². The van der Waals surface area contributed by atoms with Gasteiger partial charge in [0.2, 0.25) is 0 Å². The highest BCUT2D eigenvalue weighted by atomic mass is 35.5. The number of pyridine rings is 1. The molecular formula is C24H25ClN4O3. The van der Waals surface area contributed by atoms with Gasteiger partial charge in [0.1, 0.15) is 17.1 Å². The Balaban J connectivity index is 1.16. The molecule has 5 rings (SSSR count). The van der Waals surface area contributed by atoms with Crippen LogP contribution in [0.1, 0.15) is 46.7 Å². The number of likely N-dealkylation sites (tertiary alicyclic amines) is 1. The average Bonchev–Trinajstić information content (AvgIpc) is 3.21. The number of halogens is 1. The predicted octanol–water partition coefficient (Wildman–Crippen LogP) is 4.04. The first-order valence-electron chi connectivity index (χ1n) is 10.8. The summed E-state index contributed by atoms with van der Waals surface area (Å²) >= 11 is 6.07. The number of nitrogens with one attached hydrogen (secondary N) is 2. The zero-order valence-electron chi connectivity index (χ0n) is 17.9. The highest BCUT2D eigenvalue weighted by Gasteiger charge is 2.47. The van der Waals surface area contributed by atoms with Gasteiger partial charge in [-0.05, 0) is 61.4 Å². The third-order valence-corrected chi connectivity index (χ3v) is 7.14. The van der Waals surface area contributed by atoms with Crippen LogP contribution in [0.2, 0.25) is 5.02 Å². The molecule has 7 nitrogen and oxygen atoms in total. The number of hydrogen-bond acceptors (Lipinski definition) is 4. The molecule has 1 aromatic carbocycles. The van der Waals surface area contributed by atoms with E-state index in [-0.39, 0.29) is 29.0 Å². The third kappa shape index (κ3) is 3.81. The van der Waals surface area contributed by atoms with E-state index in [2.05, 4.69) is 15.3 Å². The molecule has 0 unspecified atom stereocenters. The van der Waals surface area contributed by atoms with E-state index >= 15 is 0 Å². The summed E-state index contributed by atoms with van der Waals surface area (Å²) in [5, 5.41) is 4.40. The number of piperidine rings is 1. The topological polar surface area (TPSA) is 87.3 Å². The Hall–Kier alpha value is -3.06. The quantitative estimate of drug-likeness (QED) is 0.625. The average molecular weight is 453 g/mol. The minimum atomic E-state index is -0.224. The van der Waals surface area contributed by atoms with Crippen molar-refractivity contribution in [3.63, 3.8) is 0 Å². The number of carbonyl (C=O) groups is 2. The van der Waals surface area contributed by atoms with Gasteiger partial charge in [-0.2, -0.15) is 0 Å². The number of aromatic nitrogens is 2. The van der Waals surface area contributed by atoms with E-state index in [0.29, 0.717) is 10.7 Å². The van der Waals surface area contributed by atoms with E-state index in [1.165, 1.54) is 0 Å². The molecule has 1 aliphatic carbocycles. The number of carbonyl (C=O) groups excluding carboxylic acids is 2. The second kappa shape index (κ2) is 8.13. The Kier molecular flexibility index (Phi) is 5.29. The molecule has 166 valence electrons. The zero-order chi connectivity index (χ0) is 22.3.